The third kappa shape index (κ3) is 5.46. The molecule has 1 fully saturated rings. The van der Waals surface area contributed by atoms with Crippen LogP contribution in [-0.2, 0) is 14.8 Å². The Labute approximate surface area is 115 Å². The maximum Gasteiger partial charge on any atom is 0.239 e. The number of sulfonamides is 1. The minimum atomic E-state index is -3.22. The van der Waals surface area contributed by atoms with Crippen molar-refractivity contribution in [3.63, 3.8) is 0 Å². The fourth-order valence-electron chi connectivity index (χ4n) is 2.40. The zero-order chi connectivity index (χ0) is 14.5. The van der Waals surface area contributed by atoms with Gasteiger partial charge in [0.1, 0.15) is 0 Å². The van der Waals surface area contributed by atoms with Crippen LogP contribution in [-0.4, -0.2) is 50.7 Å². The summed E-state index contributed by atoms with van der Waals surface area (Å²) in [6.07, 6.45) is 5.47. The molecule has 112 valence electrons. The second-order valence-electron chi connectivity index (χ2n) is 5.20. The third-order valence-corrected chi connectivity index (χ3v) is 4.10. The van der Waals surface area contributed by atoms with Gasteiger partial charge in [0.15, 0.2) is 0 Å². The lowest BCUT2D eigenvalue weighted by molar-refractivity contribution is -0.136. The van der Waals surface area contributed by atoms with Gasteiger partial charge in [0.05, 0.1) is 12.3 Å². The molecule has 3 N–H and O–H groups in total. The minimum absolute atomic E-state index is 0.0538. The van der Waals surface area contributed by atoms with E-state index in [1.54, 1.807) is 4.90 Å². The number of carbonyl (C=O) groups excluding carboxylic acids is 1. The van der Waals surface area contributed by atoms with E-state index in [0.717, 1.165) is 31.9 Å². The number of hydrogen-bond donors (Lipinski definition) is 2. The van der Waals surface area contributed by atoms with Gasteiger partial charge >= 0.3 is 0 Å². The molecule has 0 aromatic carbocycles. The average molecular weight is 291 g/mol. The Hall–Kier alpha value is -0.660. The third-order valence-electron chi connectivity index (χ3n) is 3.41. The highest BCUT2D eigenvalue weighted by molar-refractivity contribution is 7.88. The molecule has 0 bridgehead atoms. The summed E-state index contributed by atoms with van der Waals surface area (Å²) < 4.78 is 24.8. The van der Waals surface area contributed by atoms with Gasteiger partial charge in [-0.2, -0.15) is 0 Å². The van der Waals surface area contributed by atoms with Gasteiger partial charge in [-0.1, -0.05) is 13.3 Å². The molecule has 19 heavy (non-hydrogen) atoms. The highest BCUT2D eigenvalue weighted by Crippen LogP contribution is 2.18. The summed E-state index contributed by atoms with van der Waals surface area (Å²) in [5, 5.41) is 0. The Morgan fingerprint density at radius 3 is 2.74 bits per heavy atom. The average Bonchev–Trinajstić information content (AvgIpc) is 2.35. The first-order valence-electron chi connectivity index (χ1n) is 6.86. The first-order chi connectivity index (χ1) is 8.85. The molecule has 0 aromatic rings. The Bertz CT molecular complexity index is 397. The maximum atomic E-state index is 12.2. The Balaban J connectivity index is 2.64. The summed E-state index contributed by atoms with van der Waals surface area (Å²) in [6.45, 7) is 2.95. The predicted molar refractivity (Wildman–Crippen MR) is 75.1 cm³/mol. The second kappa shape index (κ2) is 7.21. The largest absolute Gasteiger partial charge is 0.337 e. The number of nitrogens with one attached hydrogen (secondary N) is 1. The van der Waals surface area contributed by atoms with E-state index in [0.29, 0.717) is 13.0 Å². The number of nitrogens with zero attached hydrogens (tertiary/aromatic N) is 1. The van der Waals surface area contributed by atoms with Crippen molar-refractivity contribution in [3.8, 4) is 0 Å². The van der Waals surface area contributed by atoms with Crippen LogP contribution >= 0.6 is 0 Å². The van der Waals surface area contributed by atoms with Gasteiger partial charge in [-0.15, -0.1) is 0 Å². The summed E-state index contributed by atoms with van der Waals surface area (Å²) in [5.74, 6) is -0.0538. The van der Waals surface area contributed by atoms with Crippen LogP contribution < -0.4 is 10.5 Å². The Morgan fingerprint density at radius 1 is 1.47 bits per heavy atom. The molecule has 6 nitrogen and oxygen atoms in total. The lowest BCUT2D eigenvalue weighted by Gasteiger charge is -2.37. The van der Waals surface area contributed by atoms with Crippen molar-refractivity contribution in [2.45, 2.75) is 51.1 Å². The van der Waals surface area contributed by atoms with Crippen LogP contribution in [0.15, 0.2) is 0 Å². The van der Waals surface area contributed by atoms with Crippen LogP contribution in [0.2, 0.25) is 0 Å². The van der Waals surface area contributed by atoms with E-state index in [1.807, 2.05) is 6.92 Å². The second-order valence-corrected chi connectivity index (χ2v) is 7.03. The zero-order valence-corrected chi connectivity index (χ0v) is 12.6. The fourth-order valence-corrected chi connectivity index (χ4v) is 2.89. The van der Waals surface area contributed by atoms with Crippen molar-refractivity contribution in [2.24, 2.45) is 5.73 Å². The predicted octanol–water partition coefficient (Wildman–Crippen LogP) is 0.0441. The molecule has 1 aliphatic heterocycles. The monoisotopic (exact) mass is 291 g/mol. The highest BCUT2D eigenvalue weighted by atomic mass is 32.2. The Morgan fingerprint density at radius 2 is 2.16 bits per heavy atom. The van der Waals surface area contributed by atoms with E-state index in [1.165, 1.54) is 0 Å². The van der Waals surface area contributed by atoms with Crippen LogP contribution in [0.3, 0.4) is 0 Å². The highest BCUT2D eigenvalue weighted by Gasteiger charge is 2.29. The molecular weight excluding hydrogens is 266 g/mol. The summed E-state index contributed by atoms with van der Waals surface area (Å²) >= 11 is 0. The van der Waals surface area contributed by atoms with Crippen LogP contribution in [0.4, 0.5) is 0 Å². The number of piperidine rings is 1. The van der Waals surface area contributed by atoms with Crippen molar-refractivity contribution in [3.05, 3.63) is 0 Å². The van der Waals surface area contributed by atoms with E-state index in [2.05, 4.69) is 4.72 Å². The van der Waals surface area contributed by atoms with E-state index in [9.17, 15) is 13.2 Å². The standard InChI is InChI=1S/C12H25N3O3S/c1-3-6-11(13)12(16)15-8-5-4-7-10(15)9-14-19(2,17)18/h10-11,14H,3-9,13H2,1-2H3/t10?,11-/m1/s1. The van der Waals surface area contributed by atoms with Gasteiger partial charge in [-0.3, -0.25) is 4.79 Å². The molecule has 1 amide bonds. The zero-order valence-electron chi connectivity index (χ0n) is 11.8. The quantitative estimate of drug-likeness (QED) is 0.723. The molecule has 1 saturated heterocycles. The van der Waals surface area contributed by atoms with Gasteiger partial charge in [-0.05, 0) is 25.7 Å². The number of amides is 1. The molecule has 7 heteroatoms. The van der Waals surface area contributed by atoms with Crippen molar-refractivity contribution < 1.29 is 13.2 Å². The van der Waals surface area contributed by atoms with Crippen LogP contribution in [0.25, 0.3) is 0 Å². The number of likely N-dealkylation sites (tertiary alicyclic amines) is 1. The molecule has 0 aromatic heterocycles. The summed E-state index contributed by atoms with van der Waals surface area (Å²) in [7, 11) is -3.22. The summed E-state index contributed by atoms with van der Waals surface area (Å²) in [5.41, 5.74) is 5.87. The summed E-state index contributed by atoms with van der Waals surface area (Å²) in [4.78, 5) is 14.0. The van der Waals surface area contributed by atoms with Crippen LogP contribution in [0.5, 0.6) is 0 Å². The van der Waals surface area contributed by atoms with Gasteiger partial charge in [0.2, 0.25) is 15.9 Å². The lowest BCUT2D eigenvalue weighted by Crippen LogP contribution is -2.54. The first kappa shape index (κ1) is 16.4. The molecule has 1 aliphatic rings. The molecule has 0 spiro atoms. The van der Waals surface area contributed by atoms with E-state index in [-0.39, 0.29) is 18.5 Å². The SMILES string of the molecule is CCC[C@@H](N)C(=O)N1CCCCC1CNS(C)(=O)=O. The molecule has 1 rings (SSSR count). The van der Waals surface area contributed by atoms with E-state index < -0.39 is 16.1 Å². The first-order valence-corrected chi connectivity index (χ1v) is 8.75. The van der Waals surface area contributed by atoms with Crippen molar-refractivity contribution in [1.29, 1.82) is 0 Å². The Kier molecular flexibility index (Phi) is 6.22. The molecule has 1 unspecified atom stereocenters. The lowest BCUT2D eigenvalue weighted by atomic mass is 10.0. The molecule has 0 radical (unpaired) electrons. The number of nitrogens with two attached hydrogens (primary N) is 1. The minimum Gasteiger partial charge on any atom is -0.337 e. The smallest absolute Gasteiger partial charge is 0.239 e. The van der Waals surface area contributed by atoms with Crippen molar-refractivity contribution >= 4 is 15.9 Å². The number of rotatable bonds is 6. The van der Waals surface area contributed by atoms with Gasteiger partial charge < -0.3 is 10.6 Å². The number of hydrogen-bond acceptors (Lipinski definition) is 4. The molecule has 1 heterocycles. The topological polar surface area (TPSA) is 92.5 Å². The van der Waals surface area contributed by atoms with E-state index in [4.69, 9.17) is 5.73 Å². The van der Waals surface area contributed by atoms with Gasteiger partial charge in [0, 0.05) is 19.1 Å². The molecule has 0 aliphatic carbocycles. The number of carbonyl (C=O) groups is 1. The van der Waals surface area contributed by atoms with Crippen LogP contribution in [0.1, 0.15) is 39.0 Å². The van der Waals surface area contributed by atoms with Crippen LogP contribution in [0, 0.1) is 0 Å². The van der Waals surface area contributed by atoms with Gasteiger partial charge in [-0.25, -0.2) is 13.1 Å². The fraction of sp³-hybridized carbons (Fsp3) is 0.917. The molecule has 2 atom stereocenters. The van der Waals surface area contributed by atoms with Crippen molar-refractivity contribution in [2.75, 3.05) is 19.3 Å². The normalized spacial score (nSPS) is 22.3. The van der Waals surface area contributed by atoms with Gasteiger partial charge in [0.25, 0.3) is 0 Å². The van der Waals surface area contributed by atoms with E-state index >= 15 is 0 Å². The summed E-state index contributed by atoms with van der Waals surface area (Å²) in [6, 6.07) is -0.539. The van der Waals surface area contributed by atoms with Crippen molar-refractivity contribution in [1.82, 2.24) is 9.62 Å². The molecule has 0 saturated carbocycles. The molecular formula is C12H25N3O3S. The maximum absolute atomic E-state index is 12.2.